The second-order valence-electron chi connectivity index (χ2n) is 4.88. The lowest BCUT2D eigenvalue weighted by molar-refractivity contribution is -0.139. The Bertz CT molecular complexity index is 410. The third-order valence-electron chi connectivity index (χ3n) is 2.54. The van der Waals surface area contributed by atoms with Gasteiger partial charge >= 0.3 is 5.97 Å². The van der Waals surface area contributed by atoms with E-state index in [1.54, 1.807) is 4.68 Å². The SMILES string of the molecule is Cc1nn(C)c(CC(C)(C)CC(=O)O)c1Cl. The minimum atomic E-state index is -0.792. The summed E-state index contributed by atoms with van der Waals surface area (Å²) in [6, 6.07) is 0. The summed E-state index contributed by atoms with van der Waals surface area (Å²) in [5, 5.41) is 13.7. The quantitative estimate of drug-likeness (QED) is 0.885. The molecule has 16 heavy (non-hydrogen) atoms. The molecule has 1 aromatic rings. The van der Waals surface area contributed by atoms with Crippen molar-refractivity contribution in [3.05, 3.63) is 16.4 Å². The number of carbonyl (C=O) groups is 1. The number of aryl methyl sites for hydroxylation is 2. The Kier molecular flexibility index (Phi) is 3.63. The smallest absolute Gasteiger partial charge is 0.303 e. The van der Waals surface area contributed by atoms with Crippen molar-refractivity contribution in [1.29, 1.82) is 0 Å². The van der Waals surface area contributed by atoms with Gasteiger partial charge in [-0.05, 0) is 18.8 Å². The van der Waals surface area contributed by atoms with Crippen LogP contribution in [-0.2, 0) is 18.3 Å². The van der Waals surface area contributed by atoms with Gasteiger partial charge in [0.25, 0.3) is 0 Å². The summed E-state index contributed by atoms with van der Waals surface area (Å²) >= 11 is 6.13. The fourth-order valence-corrected chi connectivity index (χ4v) is 2.02. The van der Waals surface area contributed by atoms with Gasteiger partial charge in [-0.3, -0.25) is 9.48 Å². The summed E-state index contributed by atoms with van der Waals surface area (Å²) in [5.41, 5.74) is 1.35. The van der Waals surface area contributed by atoms with Gasteiger partial charge in [0, 0.05) is 7.05 Å². The van der Waals surface area contributed by atoms with Crippen molar-refractivity contribution in [3.8, 4) is 0 Å². The highest BCUT2D eigenvalue weighted by Gasteiger charge is 2.25. The highest BCUT2D eigenvalue weighted by atomic mass is 35.5. The molecule has 0 aliphatic heterocycles. The van der Waals surface area contributed by atoms with Crippen molar-refractivity contribution in [2.24, 2.45) is 12.5 Å². The predicted octanol–water partition coefficient (Wildman–Crippen LogP) is 2.43. The molecule has 0 spiro atoms. The minimum absolute atomic E-state index is 0.119. The number of carboxylic acids is 1. The molecule has 0 aliphatic carbocycles. The summed E-state index contributed by atoms with van der Waals surface area (Å²) in [4.78, 5) is 10.7. The number of hydrogen-bond donors (Lipinski definition) is 1. The first kappa shape index (κ1) is 13.0. The fourth-order valence-electron chi connectivity index (χ4n) is 1.80. The van der Waals surface area contributed by atoms with E-state index >= 15 is 0 Å². The maximum Gasteiger partial charge on any atom is 0.303 e. The van der Waals surface area contributed by atoms with Gasteiger partial charge in [0.05, 0.1) is 22.8 Å². The van der Waals surface area contributed by atoms with Crippen LogP contribution in [0, 0.1) is 12.3 Å². The molecule has 1 aromatic heterocycles. The van der Waals surface area contributed by atoms with Gasteiger partial charge in [0.2, 0.25) is 0 Å². The molecule has 90 valence electrons. The van der Waals surface area contributed by atoms with Crippen LogP contribution in [0.15, 0.2) is 0 Å². The molecule has 0 fully saturated rings. The number of halogens is 1. The normalized spacial score (nSPS) is 11.8. The lowest BCUT2D eigenvalue weighted by Gasteiger charge is -2.22. The standard InChI is InChI=1S/C11H17ClN2O2/c1-7-10(12)8(14(4)13-7)5-11(2,3)6-9(15)16/h5-6H2,1-4H3,(H,15,16). The van der Waals surface area contributed by atoms with E-state index in [0.29, 0.717) is 11.4 Å². The number of carboxylic acid groups (broad SMARTS) is 1. The van der Waals surface area contributed by atoms with Crippen LogP contribution in [0.5, 0.6) is 0 Å². The van der Waals surface area contributed by atoms with Gasteiger partial charge in [-0.15, -0.1) is 0 Å². The molecule has 0 aromatic carbocycles. The van der Waals surface area contributed by atoms with E-state index in [1.165, 1.54) is 0 Å². The zero-order valence-corrected chi connectivity index (χ0v) is 10.8. The average Bonchev–Trinajstić information content (AvgIpc) is 2.29. The number of aromatic nitrogens is 2. The average molecular weight is 245 g/mol. The summed E-state index contributed by atoms with van der Waals surface area (Å²) in [6.07, 6.45) is 0.725. The first-order valence-electron chi connectivity index (χ1n) is 5.13. The van der Waals surface area contributed by atoms with Crippen molar-refractivity contribution >= 4 is 17.6 Å². The topological polar surface area (TPSA) is 55.1 Å². The number of aliphatic carboxylic acids is 1. The predicted molar refractivity (Wildman–Crippen MR) is 62.7 cm³/mol. The van der Waals surface area contributed by atoms with Gasteiger partial charge in [0.1, 0.15) is 0 Å². The van der Waals surface area contributed by atoms with Gasteiger partial charge in [-0.1, -0.05) is 25.4 Å². The Balaban J connectivity index is 2.91. The molecular weight excluding hydrogens is 228 g/mol. The van der Waals surface area contributed by atoms with Crippen molar-refractivity contribution in [3.63, 3.8) is 0 Å². The zero-order valence-electron chi connectivity index (χ0n) is 10.0. The van der Waals surface area contributed by atoms with Crippen LogP contribution in [0.4, 0.5) is 0 Å². The van der Waals surface area contributed by atoms with E-state index in [0.717, 1.165) is 11.4 Å². The van der Waals surface area contributed by atoms with Gasteiger partial charge in [0.15, 0.2) is 0 Å². The lowest BCUT2D eigenvalue weighted by Crippen LogP contribution is -2.21. The van der Waals surface area contributed by atoms with E-state index in [1.807, 2.05) is 27.8 Å². The lowest BCUT2D eigenvalue weighted by atomic mass is 9.84. The molecule has 1 N–H and O–H groups in total. The van der Waals surface area contributed by atoms with Crippen molar-refractivity contribution in [2.45, 2.75) is 33.6 Å². The third-order valence-corrected chi connectivity index (χ3v) is 3.03. The van der Waals surface area contributed by atoms with Crippen molar-refractivity contribution in [2.75, 3.05) is 0 Å². The van der Waals surface area contributed by atoms with Gasteiger partial charge < -0.3 is 5.11 Å². The Morgan fingerprint density at radius 1 is 1.56 bits per heavy atom. The Morgan fingerprint density at radius 2 is 2.12 bits per heavy atom. The molecule has 0 amide bonds. The fraction of sp³-hybridized carbons (Fsp3) is 0.636. The van der Waals surface area contributed by atoms with E-state index in [2.05, 4.69) is 5.10 Å². The molecule has 4 nitrogen and oxygen atoms in total. The Morgan fingerprint density at radius 3 is 2.50 bits per heavy atom. The first-order valence-corrected chi connectivity index (χ1v) is 5.50. The molecule has 1 heterocycles. The highest BCUT2D eigenvalue weighted by Crippen LogP contribution is 2.30. The Labute approximate surface area is 100 Å². The monoisotopic (exact) mass is 244 g/mol. The molecule has 5 heteroatoms. The maximum atomic E-state index is 10.7. The van der Waals surface area contributed by atoms with Crippen LogP contribution in [-0.4, -0.2) is 20.9 Å². The minimum Gasteiger partial charge on any atom is -0.481 e. The largest absolute Gasteiger partial charge is 0.481 e. The molecular formula is C11H17ClN2O2. The summed E-state index contributed by atoms with van der Waals surface area (Å²) in [6.45, 7) is 5.68. The molecule has 1 rings (SSSR count). The van der Waals surface area contributed by atoms with Crippen LogP contribution in [0.3, 0.4) is 0 Å². The van der Waals surface area contributed by atoms with E-state index < -0.39 is 5.97 Å². The highest BCUT2D eigenvalue weighted by molar-refractivity contribution is 6.31. The van der Waals surface area contributed by atoms with Gasteiger partial charge in [-0.25, -0.2) is 0 Å². The van der Waals surface area contributed by atoms with Crippen molar-refractivity contribution in [1.82, 2.24) is 9.78 Å². The number of hydrogen-bond acceptors (Lipinski definition) is 2. The van der Waals surface area contributed by atoms with E-state index in [9.17, 15) is 4.79 Å². The second kappa shape index (κ2) is 4.45. The van der Waals surface area contributed by atoms with Crippen LogP contribution < -0.4 is 0 Å². The molecule has 0 aliphatic rings. The summed E-state index contributed by atoms with van der Waals surface area (Å²) < 4.78 is 1.72. The van der Waals surface area contributed by atoms with E-state index in [4.69, 9.17) is 16.7 Å². The van der Waals surface area contributed by atoms with E-state index in [-0.39, 0.29) is 11.8 Å². The zero-order chi connectivity index (χ0) is 12.5. The van der Waals surface area contributed by atoms with Crippen LogP contribution in [0.25, 0.3) is 0 Å². The first-order chi connectivity index (χ1) is 7.23. The summed E-state index contributed by atoms with van der Waals surface area (Å²) in [5.74, 6) is -0.792. The van der Waals surface area contributed by atoms with Crippen LogP contribution in [0.1, 0.15) is 31.7 Å². The summed E-state index contributed by atoms with van der Waals surface area (Å²) in [7, 11) is 1.82. The molecule has 0 saturated heterocycles. The van der Waals surface area contributed by atoms with Crippen molar-refractivity contribution < 1.29 is 9.90 Å². The maximum absolute atomic E-state index is 10.7. The molecule has 0 unspecified atom stereocenters. The number of rotatable bonds is 4. The molecule has 0 bridgehead atoms. The Hall–Kier alpha value is -1.03. The molecule has 0 saturated carbocycles. The van der Waals surface area contributed by atoms with Crippen LogP contribution in [0.2, 0.25) is 5.02 Å². The second-order valence-corrected chi connectivity index (χ2v) is 5.26. The number of nitrogens with zero attached hydrogens (tertiary/aromatic N) is 2. The van der Waals surface area contributed by atoms with Crippen LogP contribution >= 0.6 is 11.6 Å². The molecule has 0 radical (unpaired) electrons. The third kappa shape index (κ3) is 2.98. The van der Waals surface area contributed by atoms with Gasteiger partial charge in [-0.2, -0.15) is 5.10 Å². The molecule has 0 atom stereocenters.